The number of carbonyl (C=O) groups is 1. The van der Waals surface area contributed by atoms with E-state index in [0.29, 0.717) is 37.8 Å². The molecule has 2 aromatic rings. The van der Waals surface area contributed by atoms with Crippen molar-refractivity contribution in [2.24, 2.45) is 0 Å². The molecule has 0 bridgehead atoms. The second-order valence-corrected chi connectivity index (χ2v) is 11.7. The van der Waals surface area contributed by atoms with Gasteiger partial charge in [0.2, 0.25) is 10.0 Å². The van der Waals surface area contributed by atoms with Crippen LogP contribution in [0.25, 0.3) is 0 Å². The second kappa shape index (κ2) is 9.19. The van der Waals surface area contributed by atoms with E-state index in [4.69, 9.17) is 14.2 Å². The summed E-state index contributed by atoms with van der Waals surface area (Å²) in [5, 5.41) is 0. The van der Waals surface area contributed by atoms with Gasteiger partial charge in [-0.3, -0.25) is 4.79 Å². The normalized spacial score (nSPS) is 21.4. The predicted molar refractivity (Wildman–Crippen MR) is 131 cm³/mol. The first-order valence-electron chi connectivity index (χ1n) is 12.2. The molecule has 1 amide bonds. The molecule has 1 saturated heterocycles. The first-order valence-corrected chi connectivity index (χ1v) is 13.6. The number of hydrogen-bond donors (Lipinski definition) is 0. The minimum absolute atomic E-state index is 0.0261. The van der Waals surface area contributed by atoms with Crippen LogP contribution >= 0.6 is 0 Å². The molecule has 1 atom stereocenters. The van der Waals surface area contributed by atoms with Gasteiger partial charge in [-0.1, -0.05) is 30.3 Å². The van der Waals surface area contributed by atoms with Crippen molar-refractivity contribution in [3.63, 3.8) is 0 Å². The summed E-state index contributed by atoms with van der Waals surface area (Å²) in [7, 11) is -1.68. The molecular weight excluding hydrogens is 482 g/mol. The van der Waals surface area contributed by atoms with Gasteiger partial charge in [0.05, 0.1) is 11.0 Å². The highest BCUT2D eigenvalue weighted by Crippen LogP contribution is 2.36. The number of sulfonamides is 1. The van der Waals surface area contributed by atoms with E-state index in [0.717, 1.165) is 29.8 Å². The zero-order valence-corrected chi connectivity index (χ0v) is 20.9. The van der Waals surface area contributed by atoms with Crippen molar-refractivity contribution in [3.8, 4) is 11.5 Å². The number of likely N-dealkylation sites (N-methyl/N-ethyl adjacent to an activating group) is 1. The van der Waals surface area contributed by atoms with E-state index in [-0.39, 0.29) is 30.0 Å². The first kappa shape index (κ1) is 23.5. The topological polar surface area (TPSA) is 88.6 Å². The number of ether oxygens (including phenoxy) is 3. The molecule has 10 heteroatoms. The molecule has 9 nitrogen and oxygen atoms in total. The van der Waals surface area contributed by atoms with E-state index < -0.39 is 16.1 Å². The third-order valence-corrected chi connectivity index (χ3v) is 8.93. The third kappa shape index (κ3) is 4.28. The van der Waals surface area contributed by atoms with Gasteiger partial charge in [-0.15, -0.1) is 0 Å². The van der Waals surface area contributed by atoms with Crippen LogP contribution in [-0.4, -0.2) is 94.1 Å². The summed E-state index contributed by atoms with van der Waals surface area (Å²) >= 11 is 0. The Morgan fingerprint density at radius 2 is 1.61 bits per heavy atom. The van der Waals surface area contributed by atoms with Gasteiger partial charge in [-0.2, -0.15) is 4.31 Å². The molecule has 36 heavy (non-hydrogen) atoms. The summed E-state index contributed by atoms with van der Waals surface area (Å²) in [5.41, 5.74) is 2.81. The van der Waals surface area contributed by atoms with Gasteiger partial charge in [-0.25, -0.2) is 8.42 Å². The van der Waals surface area contributed by atoms with Crippen LogP contribution in [0.2, 0.25) is 0 Å². The van der Waals surface area contributed by atoms with Gasteiger partial charge in [0, 0.05) is 45.3 Å². The number of benzene rings is 2. The highest BCUT2D eigenvalue weighted by Gasteiger charge is 2.41. The van der Waals surface area contributed by atoms with E-state index in [2.05, 4.69) is 4.90 Å². The van der Waals surface area contributed by atoms with Crippen LogP contribution in [0.4, 0.5) is 0 Å². The lowest BCUT2D eigenvalue weighted by atomic mass is 10.1. The Hall–Kier alpha value is -2.92. The minimum Gasteiger partial charge on any atom is -0.486 e. The van der Waals surface area contributed by atoms with Crippen LogP contribution in [-0.2, 0) is 19.6 Å². The monoisotopic (exact) mass is 511 g/mol. The standard InChI is InChI=1S/C26H29N3O6S/c1-27-16-21(17-27)35-25(18-5-3-2-4-6-18)26(30)28-12-19-14-29(15-20(19)13-28)36(31,32)22-7-8-23-24(11-22)34-10-9-33-23/h2-8,11,21,25H,9-10,12-17H2,1H3. The zero-order chi connectivity index (χ0) is 24.9. The van der Waals surface area contributed by atoms with Crippen molar-refractivity contribution in [1.29, 1.82) is 0 Å². The zero-order valence-electron chi connectivity index (χ0n) is 20.1. The van der Waals surface area contributed by atoms with E-state index in [9.17, 15) is 13.2 Å². The van der Waals surface area contributed by atoms with Crippen LogP contribution in [0.3, 0.4) is 0 Å². The molecule has 0 spiro atoms. The van der Waals surface area contributed by atoms with Crippen LogP contribution in [0, 0.1) is 0 Å². The molecule has 1 fully saturated rings. The average molecular weight is 512 g/mol. The van der Waals surface area contributed by atoms with Crippen molar-refractivity contribution < 1.29 is 27.4 Å². The summed E-state index contributed by atoms with van der Waals surface area (Å²) in [6.45, 7) is 3.84. The Labute approximate surface area is 210 Å². The van der Waals surface area contributed by atoms with Gasteiger partial charge in [-0.05, 0) is 35.9 Å². The Bertz CT molecular complexity index is 1290. The summed E-state index contributed by atoms with van der Waals surface area (Å²) < 4.78 is 45.5. The summed E-state index contributed by atoms with van der Waals surface area (Å²) in [6.07, 6.45) is -0.638. The highest BCUT2D eigenvalue weighted by atomic mass is 32.2. The van der Waals surface area contributed by atoms with Gasteiger partial charge in [0.25, 0.3) is 5.91 Å². The Morgan fingerprint density at radius 3 is 2.28 bits per heavy atom. The fourth-order valence-electron chi connectivity index (χ4n) is 5.20. The summed E-state index contributed by atoms with van der Waals surface area (Å²) in [4.78, 5) is 17.7. The Morgan fingerprint density at radius 1 is 0.944 bits per heavy atom. The smallest absolute Gasteiger partial charge is 0.256 e. The maximum atomic E-state index is 13.6. The molecule has 0 radical (unpaired) electrons. The largest absolute Gasteiger partial charge is 0.486 e. The van der Waals surface area contributed by atoms with Gasteiger partial charge in [0.15, 0.2) is 17.6 Å². The van der Waals surface area contributed by atoms with Crippen molar-refractivity contribution in [2.75, 3.05) is 59.5 Å². The molecule has 4 aliphatic rings. The number of hydrogen-bond acceptors (Lipinski definition) is 7. The van der Waals surface area contributed by atoms with Crippen LogP contribution in [0.15, 0.2) is 64.6 Å². The minimum atomic E-state index is -3.70. The SMILES string of the molecule is CN1CC(OC(C(=O)N2CC3=C(C2)CN(S(=O)(=O)c2ccc4c(c2)OCCO4)C3)c2ccccc2)C1. The molecule has 2 aromatic carbocycles. The second-order valence-electron chi connectivity index (χ2n) is 9.75. The average Bonchev–Trinajstić information content (AvgIpc) is 3.46. The maximum absolute atomic E-state index is 13.6. The lowest BCUT2D eigenvalue weighted by molar-refractivity contribution is -0.154. The summed E-state index contributed by atoms with van der Waals surface area (Å²) in [6, 6.07) is 14.3. The molecule has 0 N–H and O–H groups in total. The van der Waals surface area contributed by atoms with Crippen LogP contribution in [0.5, 0.6) is 11.5 Å². The fraction of sp³-hybridized carbons (Fsp3) is 0.423. The predicted octanol–water partition coefficient (Wildman–Crippen LogP) is 1.67. The Kier molecular flexibility index (Phi) is 5.99. The highest BCUT2D eigenvalue weighted by molar-refractivity contribution is 7.89. The first-order chi connectivity index (χ1) is 17.4. The molecule has 1 unspecified atom stereocenters. The molecular formula is C26H29N3O6S. The molecule has 6 rings (SSSR count). The van der Waals surface area contributed by atoms with E-state index in [1.165, 1.54) is 10.4 Å². The summed E-state index contributed by atoms with van der Waals surface area (Å²) in [5.74, 6) is 0.926. The number of rotatable bonds is 6. The van der Waals surface area contributed by atoms with E-state index >= 15 is 0 Å². The number of nitrogens with zero attached hydrogens (tertiary/aromatic N) is 3. The molecule has 4 heterocycles. The van der Waals surface area contributed by atoms with Crippen molar-refractivity contribution >= 4 is 15.9 Å². The van der Waals surface area contributed by atoms with Crippen molar-refractivity contribution in [2.45, 2.75) is 17.1 Å². The van der Waals surface area contributed by atoms with Crippen molar-refractivity contribution in [1.82, 2.24) is 14.1 Å². The fourth-order valence-corrected chi connectivity index (χ4v) is 6.64. The van der Waals surface area contributed by atoms with Crippen LogP contribution < -0.4 is 9.47 Å². The Balaban J connectivity index is 1.13. The third-order valence-electron chi connectivity index (χ3n) is 7.15. The number of carbonyl (C=O) groups excluding carboxylic acids is 1. The van der Waals surface area contributed by atoms with Gasteiger partial charge >= 0.3 is 0 Å². The number of likely N-dealkylation sites (tertiary alicyclic amines) is 1. The lowest BCUT2D eigenvalue weighted by Crippen LogP contribution is -2.51. The van der Waals surface area contributed by atoms with Gasteiger partial charge < -0.3 is 24.0 Å². The molecule has 0 aliphatic carbocycles. The van der Waals surface area contributed by atoms with E-state index in [1.54, 1.807) is 17.0 Å². The molecule has 0 aromatic heterocycles. The quantitative estimate of drug-likeness (QED) is 0.545. The maximum Gasteiger partial charge on any atom is 0.256 e. The molecule has 190 valence electrons. The van der Waals surface area contributed by atoms with Crippen LogP contribution in [0.1, 0.15) is 11.7 Å². The van der Waals surface area contributed by atoms with E-state index in [1.807, 2.05) is 37.4 Å². The molecule has 0 saturated carbocycles. The lowest BCUT2D eigenvalue weighted by Gasteiger charge is -2.38. The number of fused-ring (bicyclic) bond motifs is 1. The van der Waals surface area contributed by atoms with Gasteiger partial charge in [0.1, 0.15) is 13.2 Å². The molecule has 4 aliphatic heterocycles. The van der Waals surface area contributed by atoms with Crippen molar-refractivity contribution in [3.05, 3.63) is 65.2 Å². The number of amides is 1.